The highest BCUT2D eigenvalue weighted by Gasteiger charge is 2.13. The van der Waals surface area contributed by atoms with Crippen molar-refractivity contribution in [3.05, 3.63) is 34.5 Å². The van der Waals surface area contributed by atoms with E-state index in [-0.39, 0.29) is 11.8 Å². The van der Waals surface area contributed by atoms with Crippen molar-refractivity contribution in [3.63, 3.8) is 0 Å². The average Bonchev–Trinajstić information content (AvgIpc) is 2.37. The number of pyridine rings is 1. The van der Waals surface area contributed by atoms with Gasteiger partial charge in [0.05, 0.1) is 22.7 Å². The molecule has 1 aromatic heterocycles. The zero-order chi connectivity index (χ0) is 14.9. The minimum absolute atomic E-state index is 0.00720. The summed E-state index contributed by atoms with van der Waals surface area (Å²) in [5, 5.41) is 10.9. The minimum Gasteiger partial charge on any atom is -0.489 e. The third-order valence-corrected chi connectivity index (χ3v) is 3.15. The van der Waals surface area contributed by atoms with E-state index in [4.69, 9.17) is 16.3 Å². The fourth-order valence-electron chi connectivity index (χ4n) is 1.98. The van der Waals surface area contributed by atoms with E-state index in [0.717, 1.165) is 5.39 Å². The Kier molecular flexibility index (Phi) is 4.26. The van der Waals surface area contributed by atoms with Gasteiger partial charge in [-0.15, -0.1) is 0 Å². The van der Waals surface area contributed by atoms with Crippen molar-refractivity contribution in [1.29, 1.82) is 0 Å². The fraction of sp³-hybridized carbons (Fsp3) is 0.333. The Hall–Kier alpha value is -1.65. The molecule has 0 saturated heterocycles. The molecule has 1 N–H and O–H groups in total. The van der Waals surface area contributed by atoms with Gasteiger partial charge in [0.1, 0.15) is 11.4 Å². The second-order valence-corrected chi connectivity index (χ2v) is 5.31. The quantitative estimate of drug-likeness (QED) is 0.876. The Balaban J connectivity index is 2.63. The maximum Gasteiger partial charge on any atom is 0.168 e. The normalized spacial score (nSPS) is 12.7. The van der Waals surface area contributed by atoms with Crippen LogP contribution >= 0.6 is 11.6 Å². The van der Waals surface area contributed by atoms with Crippen LogP contribution in [0, 0.1) is 0 Å². The molecule has 1 unspecified atom stereocenters. The van der Waals surface area contributed by atoms with E-state index < -0.39 is 6.10 Å². The lowest BCUT2D eigenvalue weighted by molar-refractivity contribution is 0.111. The smallest absolute Gasteiger partial charge is 0.168 e. The fourth-order valence-corrected chi connectivity index (χ4v) is 2.20. The predicted molar refractivity (Wildman–Crippen MR) is 78.5 cm³/mol. The molecule has 0 bridgehead atoms. The van der Waals surface area contributed by atoms with Crippen LogP contribution in [0.4, 0.5) is 0 Å². The highest BCUT2D eigenvalue weighted by molar-refractivity contribution is 6.32. The summed E-state index contributed by atoms with van der Waals surface area (Å²) in [6.45, 7) is 5.40. The summed E-state index contributed by atoms with van der Waals surface area (Å²) < 4.78 is 5.59. The summed E-state index contributed by atoms with van der Waals surface area (Å²) in [6, 6.07) is 5.15. The molecule has 1 atom stereocenters. The van der Waals surface area contributed by atoms with Crippen LogP contribution < -0.4 is 4.74 Å². The van der Waals surface area contributed by atoms with Gasteiger partial charge >= 0.3 is 0 Å². The lowest BCUT2D eigenvalue weighted by Crippen LogP contribution is -2.06. The molecule has 0 fully saturated rings. The number of aromatic nitrogens is 1. The topological polar surface area (TPSA) is 59.4 Å². The second kappa shape index (κ2) is 5.77. The molecular formula is C15H16ClNO3. The third kappa shape index (κ3) is 2.92. The summed E-state index contributed by atoms with van der Waals surface area (Å²) in [7, 11) is 0. The van der Waals surface area contributed by atoms with E-state index in [1.807, 2.05) is 13.8 Å². The lowest BCUT2D eigenvalue weighted by Gasteiger charge is -2.14. The average molecular weight is 294 g/mol. The number of ether oxygens (including phenoxy) is 1. The predicted octanol–water partition coefficient (Wildman–Crippen LogP) is 3.54. The second-order valence-electron chi connectivity index (χ2n) is 4.90. The monoisotopic (exact) mass is 293 g/mol. The first kappa shape index (κ1) is 14.8. The first-order chi connectivity index (χ1) is 9.42. The van der Waals surface area contributed by atoms with E-state index in [1.165, 1.54) is 0 Å². The first-order valence-electron chi connectivity index (χ1n) is 6.36. The van der Waals surface area contributed by atoms with E-state index in [9.17, 15) is 9.90 Å². The van der Waals surface area contributed by atoms with Gasteiger partial charge in [0.15, 0.2) is 6.29 Å². The van der Waals surface area contributed by atoms with Crippen LogP contribution in [-0.2, 0) is 0 Å². The van der Waals surface area contributed by atoms with Gasteiger partial charge < -0.3 is 9.84 Å². The summed E-state index contributed by atoms with van der Waals surface area (Å²) >= 11 is 6.17. The molecule has 1 aromatic carbocycles. The van der Waals surface area contributed by atoms with E-state index in [2.05, 4.69) is 4.98 Å². The number of aliphatic hydroxyl groups is 1. The molecule has 4 nitrogen and oxygen atoms in total. The zero-order valence-electron chi connectivity index (χ0n) is 11.6. The molecule has 0 aliphatic carbocycles. The van der Waals surface area contributed by atoms with Crippen molar-refractivity contribution in [1.82, 2.24) is 4.98 Å². The number of hydrogen-bond donors (Lipinski definition) is 1. The Morgan fingerprint density at radius 3 is 2.55 bits per heavy atom. The molecule has 0 radical (unpaired) electrons. The number of rotatable bonds is 4. The number of nitrogens with zero attached hydrogens (tertiary/aromatic N) is 1. The van der Waals surface area contributed by atoms with E-state index >= 15 is 0 Å². The molecule has 0 aliphatic heterocycles. The molecule has 2 rings (SSSR count). The summed E-state index contributed by atoms with van der Waals surface area (Å²) in [5.41, 5.74) is 1.32. The van der Waals surface area contributed by atoms with Gasteiger partial charge in [-0.1, -0.05) is 11.6 Å². The molecule has 1 heterocycles. The van der Waals surface area contributed by atoms with Gasteiger partial charge in [-0.3, -0.25) is 4.79 Å². The maximum atomic E-state index is 11.1. The Morgan fingerprint density at radius 2 is 2.00 bits per heavy atom. The molecule has 0 spiro atoms. The van der Waals surface area contributed by atoms with Crippen LogP contribution in [0.1, 0.15) is 42.9 Å². The summed E-state index contributed by atoms with van der Waals surface area (Å²) in [4.78, 5) is 15.3. The van der Waals surface area contributed by atoms with Gasteiger partial charge in [-0.25, -0.2) is 4.98 Å². The zero-order valence-corrected chi connectivity index (χ0v) is 12.3. The first-order valence-corrected chi connectivity index (χ1v) is 6.74. The van der Waals surface area contributed by atoms with Gasteiger partial charge in [0, 0.05) is 17.0 Å². The third-order valence-electron chi connectivity index (χ3n) is 2.85. The molecule has 0 saturated carbocycles. The van der Waals surface area contributed by atoms with Crippen LogP contribution in [0.2, 0.25) is 5.02 Å². The van der Waals surface area contributed by atoms with Crippen LogP contribution in [-0.4, -0.2) is 22.5 Å². The van der Waals surface area contributed by atoms with E-state index in [0.29, 0.717) is 28.1 Å². The Labute approximate surface area is 122 Å². The van der Waals surface area contributed by atoms with Gasteiger partial charge in [-0.2, -0.15) is 0 Å². The number of carbonyl (C=O) groups is 1. The Bertz CT molecular complexity index is 653. The van der Waals surface area contributed by atoms with Crippen LogP contribution in [0.15, 0.2) is 18.2 Å². The molecule has 2 aromatic rings. The molecule has 106 valence electrons. The number of hydrogen-bond acceptors (Lipinski definition) is 4. The van der Waals surface area contributed by atoms with Gasteiger partial charge in [0.2, 0.25) is 0 Å². The highest BCUT2D eigenvalue weighted by Crippen LogP contribution is 2.31. The highest BCUT2D eigenvalue weighted by atomic mass is 35.5. The number of carbonyl (C=O) groups excluding carboxylic acids is 1. The summed E-state index contributed by atoms with van der Waals surface area (Å²) in [6.07, 6.45) is -0.135. The van der Waals surface area contributed by atoms with Gasteiger partial charge in [0.25, 0.3) is 0 Å². The van der Waals surface area contributed by atoms with Crippen molar-refractivity contribution in [2.24, 2.45) is 0 Å². The molecule has 0 aliphatic rings. The maximum absolute atomic E-state index is 11.1. The molecule has 5 heteroatoms. The standard InChI is InChI=1S/C15H16ClNO3/c1-8(2)20-15-6-13-10(5-12(15)16)4-11(9(3)19)14(7-18)17-13/h4-9,19H,1-3H3. The molecule has 0 amide bonds. The largest absolute Gasteiger partial charge is 0.489 e. The SMILES string of the molecule is CC(C)Oc1cc2nc(C=O)c(C(C)O)cc2cc1Cl. The van der Waals surface area contributed by atoms with Crippen LogP contribution in [0.5, 0.6) is 5.75 Å². The number of fused-ring (bicyclic) bond motifs is 1. The number of aliphatic hydroxyl groups excluding tert-OH is 1. The van der Waals surface area contributed by atoms with Crippen molar-refractivity contribution in [2.45, 2.75) is 33.0 Å². The van der Waals surface area contributed by atoms with Crippen molar-refractivity contribution >= 4 is 28.8 Å². The van der Waals surface area contributed by atoms with Crippen LogP contribution in [0.25, 0.3) is 10.9 Å². The molecular weight excluding hydrogens is 278 g/mol. The van der Waals surface area contributed by atoms with E-state index in [1.54, 1.807) is 25.1 Å². The Morgan fingerprint density at radius 1 is 1.30 bits per heavy atom. The van der Waals surface area contributed by atoms with Crippen molar-refractivity contribution < 1.29 is 14.6 Å². The van der Waals surface area contributed by atoms with Crippen LogP contribution in [0.3, 0.4) is 0 Å². The summed E-state index contributed by atoms with van der Waals surface area (Å²) in [5.74, 6) is 0.531. The number of benzene rings is 1. The van der Waals surface area contributed by atoms with Gasteiger partial charge in [-0.05, 0) is 32.9 Å². The lowest BCUT2D eigenvalue weighted by atomic mass is 10.1. The molecule has 20 heavy (non-hydrogen) atoms. The van der Waals surface area contributed by atoms with Crippen molar-refractivity contribution in [3.8, 4) is 5.75 Å². The number of aldehydes is 1. The minimum atomic E-state index is -0.766. The van der Waals surface area contributed by atoms with Crippen molar-refractivity contribution in [2.75, 3.05) is 0 Å². The number of halogens is 1.